The predicted molar refractivity (Wildman–Crippen MR) is 102 cm³/mol. The highest BCUT2D eigenvalue weighted by molar-refractivity contribution is 8.00. The normalized spacial score (nSPS) is 21.3. The fourth-order valence-electron chi connectivity index (χ4n) is 2.95. The summed E-state index contributed by atoms with van der Waals surface area (Å²) in [6.07, 6.45) is 1.04. The molecule has 0 radical (unpaired) electrons. The Balaban J connectivity index is 1.86. The molecule has 5 nitrogen and oxygen atoms in total. The first kappa shape index (κ1) is 19.8. The Morgan fingerprint density at radius 2 is 1.96 bits per heavy atom. The number of benzene rings is 1. The molecule has 138 valence electrons. The lowest BCUT2D eigenvalue weighted by atomic mass is 9.96. The first-order valence-corrected chi connectivity index (χ1v) is 9.87. The van der Waals surface area contributed by atoms with Gasteiger partial charge in [0.05, 0.1) is 17.8 Å². The van der Waals surface area contributed by atoms with Crippen LogP contribution in [0.25, 0.3) is 0 Å². The van der Waals surface area contributed by atoms with Crippen LogP contribution < -0.4 is 10.6 Å². The van der Waals surface area contributed by atoms with Gasteiger partial charge in [0.1, 0.15) is 0 Å². The third-order valence-corrected chi connectivity index (χ3v) is 5.80. The molecule has 3 atom stereocenters. The third-order valence-electron chi connectivity index (χ3n) is 4.37. The SMILES string of the molecule is CC(C)Cc1ccc([C@@H](C)C2N[C@H](C(=O)NCCC(=O)O)CS2)cc1. The van der Waals surface area contributed by atoms with Crippen molar-refractivity contribution in [1.29, 1.82) is 0 Å². The maximum absolute atomic E-state index is 12.1. The number of hydrogen-bond acceptors (Lipinski definition) is 4. The van der Waals surface area contributed by atoms with Crippen molar-refractivity contribution in [1.82, 2.24) is 10.6 Å². The predicted octanol–water partition coefficient (Wildman–Crippen LogP) is 2.61. The lowest BCUT2D eigenvalue weighted by Crippen LogP contribution is -2.45. The van der Waals surface area contributed by atoms with Crippen molar-refractivity contribution in [3.63, 3.8) is 0 Å². The number of thioether (sulfide) groups is 1. The summed E-state index contributed by atoms with van der Waals surface area (Å²) >= 11 is 1.75. The van der Waals surface area contributed by atoms with Crippen molar-refractivity contribution < 1.29 is 14.7 Å². The zero-order valence-corrected chi connectivity index (χ0v) is 15.9. The molecule has 1 heterocycles. The Kier molecular flexibility index (Phi) is 7.32. The topological polar surface area (TPSA) is 78.4 Å². The molecule has 6 heteroatoms. The number of nitrogens with one attached hydrogen (secondary N) is 2. The van der Waals surface area contributed by atoms with E-state index in [9.17, 15) is 9.59 Å². The summed E-state index contributed by atoms with van der Waals surface area (Å²) in [4.78, 5) is 22.6. The molecule has 1 aromatic carbocycles. The fourth-order valence-corrected chi connectivity index (χ4v) is 4.31. The van der Waals surface area contributed by atoms with Crippen LogP contribution in [0, 0.1) is 5.92 Å². The zero-order valence-electron chi connectivity index (χ0n) is 15.1. The Morgan fingerprint density at radius 3 is 2.56 bits per heavy atom. The van der Waals surface area contributed by atoms with Gasteiger partial charge in [-0.1, -0.05) is 45.0 Å². The molecule has 1 unspecified atom stereocenters. The number of aliphatic carboxylic acids is 1. The number of carboxylic acids is 1. The molecule has 0 aromatic heterocycles. The van der Waals surface area contributed by atoms with Crippen molar-refractivity contribution in [2.24, 2.45) is 5.92 Å². The van der Waals surface area contributed by atoms with E-state index in [2.05, 4.69) is 55.7 Å². The van der Waals surface area contributed by atoms with Gasteiger partial charge in [0.25, 0.3) is 0 Å². The van der Waals surface area contributed by atoms with E-state index in [4.69, 9.17) is 5.11 Å². The summed E-state index contributed by atoms with van der Waals surface area (Å²) in [5.41, 5.74) is 2.62. The van der Waals surface area contributed by atoms with E-state index in [1.54, 1.807) is 11.8 Å². The molecule has 0 spiro atoms. The number of amides is 1. The van der Waals surface area contributed by atoms with Gasteiger partial charge in [-0.15, -0.1) is 11.8 Å². The lowest BCUT2D eigenvalue weighted by molar-refractivity contribution is -0.136. The lowest BCUT2D eigenvalue weighted by Gasteiger charge is -2.21. The number of carboxylic acid groups (broad SMARTS) is 1. The van der Waals surface area contributed by atoms with E-state index in [-0.39, 0.29) is 30.3 Å². The summed E-state index contributed by atoms with van der Waals surface area (Å²) in [7, 11) is 0. The molecular weight excluding hydrogens is 336 g/mol. The van der Waals surface area contributed by atoms with Gasteiger partial charge in [-0.05, 0) is 23.5 Å². The van der Waals surface area contributed by atoms with E-state index in [1.165, 1.54) is 11.1 Å². The van der Waals surface area contributed by atoms with Crippen LogP contribution in [0.4, 0.5) is 0 Å². The van der Waals surface area contributed by atoms with Crippen molar-refractivity contribution in [2.75, 3.05) is 12.3 Å². The minimum absolute atomic E-state index is 0.0475. The number of carbonyl (C=O) groups excluding carboxylic acids is 1. The average Bonchev–Trinajstić information content (AvgIpc) is 3.04. The highest BCUT2D eigenvalue weighted by Gasteiger charge is 2.33. The van der Waals surface area contributed by atoms with Gasteiger partial charge in [-0.25, -0.2) is 0 Å². The van der Waals surface area contributed by atoms with Gasteiger partial charge in [-0.2, -0.15) is 0 Å². The average molecular weight is 365 g/mol. The number of rotatable bonds is 8. The number of carbonyl (C=O) groups is 2. The Morgan fingerprint density at radius 1 is 1.28 bits per heavy atom. The fraction of sp³-hybridized carbons (Fsp3) is 0.579. The van der Waals surface area contributed by atoms with Crippen LogP contribution in [0.5, 0.6) is 0 Å². The molecule has 1 aromatic rings. The second kappa shape index (κ2) is 9.25. The molecule has 1 aliphatic heterocycles. The second-order valence-electron chi connectivity index (χ2n) is 7.04. The molecule has 1 saturated heterocycles. The summed E-state index contributed by atoms with van der Waals surface area (Å²) in [5, 5.41) is 14.9. The Labute approximate surface area is 154 Å². The summed E-state index contributed by atoms with van der Waals surface area (Å²) in [6, 6.07) is 8.50. The van der Waals surface area contributed by atoms with Gasteiger partial charge < -0.3 is 10.4 Å². The quantitative estimate of drug-likeness (QED) is 0.661. The molecule has 0 bridgehead atoms. The smallest absolute Gasteiger partial charge is 0.305 e. The van der Waals surface area contributed by atoms with Crippen LogP contribution in [0.3, 0.4) is 0 Å². The van der Waals surface area contributed by atoms with E-state index in [1.807, 2.05) is 0 Å². The van der Waals surface area contributed by atoms with Crippen molar-refractivity contribution in [3.8, 4) is 0 Å². The van der Waals surface area contributed by atoms with Gasteiger partial charge in [0.15, 0.2) is 0 Å². The van der Waals surface area contributed by atoms with E-state index >= 15 is 0 Å². The highest BCUT2D eigenvalue weighted by Crippen LogP contribution is 2.32. The molecule has 0 saturated carbocycles. The summed E-state index contributed by atoms with van der Waals surface area (Å²) in [5.74, 6) is 0.641. The third kappa shape index (κ3) is 6.04. The molecule has 2 rings (SSSR count). The van der Waals surface area contributed by atoms with Crippen LogP contribution in [0.2, 0.25) is 0 Å². The molecule has 0 aliphatic carbocycles. The summed E-state index contributed by atoms with van der Waals surface area (Å²) in [6.45, 7) is 6.79. The maximum atomic E-state index is 12.1. The van der Waals surface area contributed by atoms with Crippen molar-refractivity contribution in [3.05, 3.63) is 35.4 Å². The van der Waals surface area contributed by atoms with E-state index in [0.29, 0.717) is 17.6 Å². The van der Waals surface area contributed by atoms with Gasteiger partial charge >= 0.3 is 5.97 Å². The first-order valence-electron chi connectivity index (χ1n) is 8.82. The largest absolute Gasteiger partial charge is 0.481 e. The minimum Gasteiger partial charge on any atom is -0.481 e. The van der Waals surface area contributed by atoms with E-state index < -0.39 is 5.97 Å². The molecule has 1 aliphatic rings. The van der Waals surface area contributed by atoms with Crippen LogP contribution in [-0.4, -0.2) is 40.7 Å². The molecule has 1 amide bonds. The van der Waals surface area contributed by atoms with Crippen molar-refractivity contribution in [2.45, 2.75) is 50.9 Å². The van der Waals surface area contributed by atoms with Gasteiger partial charge in [-0.3, -0.25) is 14.9 Å². The van der Waals surface area contributed by atoms with Crippen LogP contribution in [0.1, 0.15) is 44.2 Å². The molecular formula is C19H28N2O3S. The van der Waals surface area contributed by atoms with Crippen molar-refractivity contribution >= 4 is 23.6 Å². The van der Waals surface area contributed by atoms with Gasteiger partial charge in [0, 0.05) is 18.2 Å². The zero-order chi connectivity index (χ0) is 18.4. The Bertz CT molecular complexity index is 589. The second-order valence-corrected chi connectivity index (χ2v) is 8.21. The minimum atomic E-state index is -0.901. The number of hydrogen-bond donors (Lipinski definition) is 3. The first-order chi connectivity index (χ1) is 11.9. The summed E-state index contributed by atoms with van der Waals surface area (Å²) < 4.78 is 0. The standard InChI is InChI=1S/C19H28N2O3S/c1-12(2)10-14-4-6-15(7-5-14)13(3)19-21-16(11-25-19)18(24)20-9-8-17(22)23/h4-7,12-13,16,19,21H,8-11H2,1-3H3,(H,20,24)(H,22,23)/t13-,16+,19?/m1/s1. The molecule has 1 fully saturated rings. The van der Waals surface area contributed by atoms with E-state index in [0.717, 1.165) is 6.42 Å². The van der Waals surface area contributed by atoms with Crippen LogP contribution >= 0.6 is 11.8 Å². The highest BCUT2D eigenvalue weighted by atomic mass is 32.2. The maximum Gasteiger partial charge on any atom is 0.305 e. The monoisotopic (exact) mass is 364 g/mol. The molecule has 25 heavy (non-hydrogen) atoms. The molecule has 3 N–H and O–H groups in total. The van der Waals surface area contributed by atoms with Crippen LogP contribution in [-0.2, 0) is 16.0 Å². The van der Waals surface area contributed by atoms with Crippen LogP contribution in [0.15, 0.2) is 24.3 Å². The van der Waals surface area contributed by atoms with Gasteiger partial charge in [0.2, 0.25) is 5.91 Å². The Hall–Kier alpha value is -1.53.